The van der Waals surface area contributed by atoms with Gasteiger partial charge in [0.05, 0.1) is 0 Å². The highest BCUT2D eigenvalue weighted by molar-refractivity contribution is 6.17. The van der Waals surface area contributed by atoms with Crippen molar-refractivity contribution >= 4 is 11.6 Å². The van der Waals surface area contributed by atoms with Crippen molar-refractivity contribution in [3.8, 4) is 16.9 Å². The molecule has 0 spiro atoms. The monoisotopic (exact) mass is 218 g/mol. The maximum atomic E-state index is 5.47. The lowest BCUT2D eigenvalue weighted by Crippen LogP contribution is -1.88. The molecule has 0 aromatic heterocycles. The van der Waals surface area contributed by atoms with E-state index in [0.717, 1.165) is 5.75 Å². The topological polar surface area (TPSA) is 9.23 Å². The van der Waals surface area contributed by atoms with Crippen LogP contribution < -0.4 is 4.74 Å². The average Bonchev–Trinajstić information content (AvgIpc) is 2.32. The summed E-state index contributed by atoms with van der Waals surface area (Å²) in [5.74, 6) is 0.796. The maximum Gasteiger partial charge on any atom is 0.162 e. The Morgan fingerprint density at radius 1 is 0.800 bits per heavy atom. The molecule has 15 heavy (non-hydrogen) atoms. The first-order valence-electron chi connectivity index (χ1n) is 4.74. The van der Waals surface area contributed by atoms with E-state index in [1.54, 1.807) is 0 Å². The fourth-order valence-electron chi connectivity index (χ4n) is 1.44. The van der Waals surface area contributed by atoms with Gasteiger partial charge in [-0.15, -0.1) is 0 Å². The molecule has 0 radical (unpaired) electrons. The molecule has 1 nitrogen and oxygen atoms in total. The van der Waals surface area contributed by atoms with Gasteiger partial charge in [0.1, 0.15) is 5.75 Å². The van der Waals surface area contributed by atoms with Crippen LogP contribution >= 0.6 is 11.6 Å². The number of halogens is 1. The number of benzene rings is 2. The Balaban J connectivity index is 2.24. The molecule has 2 aromatic carbocycles. The van der Waals surface area contributed by atoms with Crippen molar-refractivity contribution in [3.05, 3.63) is 54.6 Å². The number of hydrogen-bond donors (Lipinski definition) is 0. The van der Waals surface area contributed by atoms with E-state index in [1.807, 2.05) is 42.5 Å². The molecule has 0 bridgehead atoms. The molecular weight excluding hydrogens is 208 g/mol. The van der Waals surface area contributed by atoms with Crippen LogP contribution in [0.4, 0.5) is 0 Å². The molecule has 2 aromatic rings. The lowest BCUT2D eigenvalue weighted by Gasteiger charge is -2.04. The number of alkyl halides is 1. The van der Waals surface area contributed by atoms with Crippen LogP contribution in [0.5, 0.6) is 5.75 Å². The van der Waals surface area contributed by atoms with Crippen LogP contribution in [0.2, 0.25) is 0 Å². The molecule has 76 valence electrons. The minimum atomic E-state index is 0.185. The van der Waals surface area contributed by atoms with Crippen molar-refractivity contribution in [1.29, 1.82) is 0 Å². The molecule has 2 heteroatoms. The first-order valence-corrected chi connectivity index (χ1v) is 5.28. The molecule has 0 heterocycles. The van der Waals surface area contributed by atoms with Crippen LogP contribution in [0.25, 0.3) is 11.1 Å². The summed E-state index contributed by atoms with van der Waals surface area (Å²) in [6.45, 7) is 0. The Hall–Kier alpha value is -1.47. The van der Waals surface area contributed by atoms with Crippen LogP contribution in [-0.4, -0.2) is 6.07 Å². The van der Waals surface area contributed by atoms with Gasteiger partial charge in [0.25, 0.3) is 0 Å². The van der Waals surface area contributed by atoms with E-state index >= 15 is 0 Å². The second-order valence-electron chi connectivity index (χ2n) is 3.14. The van der Waals surface area contributed by atoms with E-state index in [0.29, 0.717) is 0 Å². The van der Waals surface area contributed by atoms with Crippen molar-refractivity contribution in [3.63, 3.8) is 0 Å². The number of ether oxygens (including phenoxy) is 1. The minimum Gasteiger partial charge on any atom is -0.478 e. The second-order valence-corrected chi connectivity index (χ2v) is 3.36. The first kappa shape index (κ1) is 10.1. The second kappa shape index (κ2) is 4.85. The Bertz CT molecular complexity index is 408. The highest BCUT2D eigenvalue weighted by Gasteiger charge is 1.96. The summed E-state index contributed by atoms with van der Waals surface area (Å²) in [5.41, 5.74) is 2.38. The summed E-state index contributed by atoms with van der Waals surface area (Å²) in [6.07, 6.45) is 0. The van der Waals surface area contributed by atoms with Crippen LogP contribution in [0.3, 0.4) is 0 Å². The van der Waals surface area contributed by atoms with Gasteiger partial charge in [-0.25, -0.2) is 0 Å². The van der Waals surface area contributed by atoms with Gasteiger partial charge in [-0.2, -0.15) is 0 Å². The molecule has 0 fully saturated rings. The molecule has 0 unspecified atom stereocenters. The van der Waals surface area contributed by atoms with Crippen molar-refractivity contribution in [2.24, 2.45) is 0 Å². The van der Waals surface area contributed by atoms with Crippen molar-refractivity contribution in [2.75, 3.05) is 6.07 Å². The molecule has 0 aliphatic carbocycles. The molecule has 0 N–H and O–H groups in total. The summed E-state index contributed by atoms with van der Waals surface area (Å²) >= 11 is 5.47. The molecule has 0 aliphatic heterocycles. The minimum absolute atomic E-state index is 0.185. The largest absolute Gasteiger partial charge is 0.478 e. The first-order chi connectivity index (χ1) is 7.40. The van der Waals surface area contributed by atoms with Crippen molar-refractivity contribution in [2.45, 2.75) is 0 Å². The molecule has 0 saturated carbocycles. The highest BCUT2D eigenvalue weighted by Crippen LogP contribution is 2.21. The van der Waals surface area contributed by atoms with Crippen LogP contribution in [0, 0.1) is 0 Å². The third-order valence-corrected chi connectivity index (χ3v) is 2.29. The van der Waals surface area contributed by atoms with Gasteiger partial charge in [0.2, 0.25) is 0 Å². The normalized spacial score (nSPS) is 9.93. The summed E-state index contributed by atoms with van der Waals surface area (Å²) < 4.78 is 5.16. The third kappa shape index (κ3) is 2.51. The van der Waals surface area contributed by atoms with Gasteiger partial charge in [-0.1, -0.05) is 54.1 Å². The van der Waals surface area contributed by atoms with E-state index in [4.69, 9.17) is 16.3 Å². The lowest BCUT2D eigenvalue weighted by molar-refractivity contribution is 0.388. The Kier molecular flexibility index (Phi) is 3.25. The van der Waals surface area contributed by atoms with Crippen molar-refractivity contribution < 1.29 is 4.74 Å². The zero-order chi connectivity index (χ0) is 10.5. The molecule has 2 rings (SSSR count). The van der Waals surface area contributed by atoms with Gasteiger partial charge in [0.15, 0.2) is 6.07 Å². The van der Waals surface area contributed by atoms with E-state index in [2.05, 4.69) is 12.1 Å². The van der Waals surface area contributed by atoms with E-state index < -0.39 is 0 Å². The molecule has 0 saturated heterocycles. The van der Waals surface area contributed by atoms with Gasteiger partial charge >= 0.3 is 0 Å². The fourth-order valence-corrected chi connectivity index (χ4v) is 1.56. The molecule has 0 aliphatic rings. The predicted molar refractivity (Wildman–Crippen MR) is 63.2 cm³/mol. The van der Waals surface area contributed by atoms with E-state index in [9.17, 15) is 0 Å². The molecule has 0 amide bonds. The highest BCUT2D eigenvalue weighted by atomic mass is 35.5. The van der Waals surface area contributed by atoms with Gasteiger partial charge < -0.3 is 4.74 Å². The Labute approximate surface area is 94.3 Å². The Morgan fingerprint density at radius 3 is 2.00 bits per heavy atom. The summed E-state index contributed by atoms with van der Waals surface area (Å²) in [7, 11) is 0. The predicted octanol–water partition coefficient (Wildman–Crippen LogP) is 3.93. The van der Waals surface area contributed by atoms with Crippen LogP contribution in [0.1, 0.15) is 0 Å². The lowest BCUT2D eigenvalue weighted by atomic mass is 10.1. The van der Waals surface area contributed by atoms with Crippen LogP contribution in [0.15, 0.2) is 54.6 Å². The molecular formula is C13H11ClO. The van der Waals surface area contributed by atoms with Crippen molar-refractivity contribution in [1.82, 2.24) is 0 Å². The summed E-state index contributed by atoms with van der Waals surface area (Å²) in [6, 6.07) is 18.3. The third-order valence-electron chi connectivity index (χ3n) is 2.18. The standard InChI is InChI=1S/C13H11ClO/c14-10-15-13-8-6-12(7-9-13)11-4-2-1-3-5-11/h1-9H,10H2. The number of rotatable bonds is 3. The SMILES string of the molecule is ClCOc1ccc(-c2ccccc2)cc1. The smallest absolute Gasteiger partial charge is 0.162 e. The van der Waals surface area contributed by atoms with Gasteiger partial charge in [-0.05, 0) is 23.3 Å². The zero-order valence-corrected chi connectivity index (χ0v) is 8.95. The summed E-state index contributed by atoms with van der Waals surface area (Å²) in [4.78, 5) is 0. The quantitative estimate of drug-likeness (QED) is 0.710. The van der Waals surface area contributed by atoms with E-state index in [1.165, 1.54) is 11.1 Å². The Morgan fingerprint density at radius 2 is 1.40 bits per heavy atom. The average molecular weight is 219 g/mol. The van der Waals surface area contributed by atoms with Crippen LogP contribution in [-0.2, 0) is 0 Å². The molecule has 0 atom stereocenters. The van der Waals surface area contributed by atoms with Gasteiger partial charge in [0, 0.05) is 0 Å². The maximum absolute atomic E-state index is 5.47. The summed E-state index contributed by atoms with van der Waals surface area (Å²) in [5, 5.41) is 0. The zero-order valence-electron chi connectivity index (χ0n) is 8.19. The van der Waals surface area contributed by atoms with E-state index in [-0.39, 0.29) is 6.07 Å². The van der Waals surface area contributed by atoms with Gasteiger partial charge in [-0.3, -0.25) is 0 Å². The number of hydrogen-bond acceptors (Lipinski definition) is 1. The fraction of sp³-hybridized carbons (Fsp3) is 0.0769.